The van der Waals surface area contributed by atoms with Crippen molar-refractivity contribution in [3.05, 3.63) is 58.7 Å². The molecule has 0 aliphatic carbocycles. The maximum Gasteiger partial charge on any atom is 0.416 e. The summed E-state index contributed by atoms with van der Waals surface area (Å²) in [7, 11) is 0. The van der Waals surface area contributed by atoms with Crippen LogP contribution in [0, 0.1) is 6.92 Å². The SMILES string of the molecule is CSCc1cc(C(F)(F)F)ccc1N.Cc1cc(C(F)(F)F)ccc1N. The number of alkyl halides is 6. The Bertz CT molecular complexity index is 741. The van der Waals surface area contributed by atoms with Crippen LogP contribution in [-0.2, 0) is 18.1 Å². The summed E-state index contributed by atoms with van der Waals surface area (Å²) >= 11 is 1.44. The Morgan fingerprint density at radius 1 is 0.808 bits per heavy atom. The van der Waals surface area contributed by atoms with Gasteiger partial charge in [-0.1, -0.05) is 0 Å². The normalized spacial score (nSPS) is 11.7. The van der Waals surface area contributed by atoms with Crippen molar-refractivity contribution in [3.8, 4) is 0 Å². The van der Waals surface area contributed by atoms with E-state index in [2.05, 4.69) is 0 Å². The molecule has 2 aromatic carbocycles. The molecule has 0 amide bonds. The van der Waals surface area contributed by atoms with Gasteiger partial charge in [-0.05, 0) is 60.7 Å². The predicted octanol–water partition coefficient (Wildman–Crippen LogP) is 5.75. The van der Waals surface area contributed by atoms with E-state index in [1.807, 2.05) is 6.26 Å². The highest BCUT2D eigenvalue weighted by molar-refractivity contribution is 7.97. The Labute approximate surface area is 151 Å². The van der Waals surface area contributed by atoms with Gasteiger partial charge < -0.3 is 11.5 Å². The number of hydrogen-bond acceptors (Lipinski definition) is 3. The number of aryl methyl sites for hydroxylation is 1. The first-order chi connectivity index (χ1) is 11.9. The zero-order chi connectivity index (χ0) is 20.1. The number of rotatable bonds is 2. The summed E-state index contributed by atoms with van der Waals surface area (Å²) < 4.78 is 73.1. The Kier molecular flexibility index (Phi) is 7.25. The average molecular weight is 396 g/mol. The highest BCUT2D eigenvalue weighted by Gasteiger charge is 2.31. The summed E-state index contributed by atoms with van der Waals surface area (Å²) in [5.41, 5.74) is 11.4. The maximum absolute atomic E-state index is 12.3. The summed E-state index contributed by atoms with van der Waals surface area (Å²) in [6, 6.07) is 6.68. The summed E-state index contributed by atoms with van der Waals surface area (Å²) in [6.45, 7) is 1.55. The van der Waals surface area contributed by atoms with Crippen molar-refractivity contribution in [3.63, 3.8) is 0 Å². The van der Waals surface area contributed by atoms with Gasteiger partial charge >= 0.3 is 12.4 Å². The molecule has 26 heavy (non-hydrogen) atoms. The van der Waals surface area contributed by atoms with Gasteiger partial charge in [-0.25, -0.2) is 0 Å². The maximum atomic E-state index is 12.3. The van der Waals surface area contributed by atoms with E-state index < -0.39 is 23.5 Å². The Balaban J connectivity index is 0.000000263. The van der Waals surface area contributed by atoms with Crippen molar-refractivity contribution in [2.45, 2.75) is 25.0 Å². The first-order valence-electron chi connectivity index (χ1n) is 7.24. The van der Waals surface area contributed by atoms with Gasteiger partial charge in [-0.3, -0.25) is 0 Å². The van der Waals surface area contributed by atoms with Crippen LogP contribution in [0.5, 0.6) is 0 Å². The first kappa shape index (κ1) is 22.0. The van der Waals surface area contributed by atoms with Crippen LogP contribution in [-0.4, -0.2) is 6.26 Å². The first-order valence-corrected chi connectivity index (χ1v) is 8.63. The minimum absolute atomic E-state index is 0.378. The fourth-order valence-corrected chi connectivity index (χ4v) is 2.48. The molecule has 2 nitrogen and oxygen atoms in total. The van der Waals surface area contributed by atoms with Gasteiger partial charge in [0.2, 0.25) is 0 Å². The summed E-state index contributed by atoms with van der Waals surface area (Å²) in [5, 5.41) is 0. The van der Waals surface area contributed by atoms with Gasteiger partial charge in [0, 0.05) is 17.1 Å². The molecule has 9 heteroatoms. The van der Waals surface area contributed by atoms with Crippen molar-refractivity contribution in [2.24, 2.45) is 0 Å². The lowest BCUT2D eigenvalue weighted by Gasteiger charge is -2.10. The van der Waals surface area contributed by atoms with Crippen molar-refractivity contribution in [1.82, 2.24) is 0 Å². The molecule has 0 spiro atoms. The lowest BCUT2D eigenvalue weighted by Crippen LogP contribution is -2.06. The second-order valence-corrected chi connectivity index (χ2v) is 6.28. The second kappa shape index (κ2) is 8.57. The minimum atomic E-state index is -4.29. The van der Waals surface area contributed by atoms with Crippen molar-refractivity contribution in [2.75, 3.05) is 17.7 Å². The molecular formula is C17H18F6N2S. The number of anilines is 2. The third-order valence-corrected chi connectivity index (χ3v) is 3.97. The molecule has 0 aliphatic heterocycles. The Hall–Kier alpha value is -2.03. The molecule has 0 saturated carbocycles. The van der Waals surface area contributed by atoms with E-state index in [0.717, 1.165) is 24.3 Å². The number of hydrogen-bond donors (Lipinski definition) is 2. The van der Waals surface area contributed by atoms with Crippen molar-refractivity contribution < 1.29 is 26.3 Å². The van der Waals surface area contributed by atoms with Crippen molar-refractivity contribution >= 4 is 23.1 Å². The topological polar surface area (TPSA) is 52.0 Å². The highest BCUT2D eigenvalue weighted by atomic mass is 32.2. The molecule has 144 valence electrons. The molecule has 0 bridgehead atoms. The summed E-state index contributed by atoms with van der Waals surface area (Å²) in [6.07, 6.45) is -6.75. The molecule has 0 unspecified atom stereocenters. The van der Waals surface area contributed by atoms with E-state index in [0.29, 0.717) is 28.3 Å². The molecule has 0 heterocycles. The lowest BCUT2D eigenvalue weighted by molar-refractivity contribution is -0.138. The fraction of sp³-hybridized carbons (Fsp3) is 0.294. The number of thioether (sulfide) groups is 1. The zero-order valence-corrected chi connectivity index (χ0v) is 14.8. The van der Waals surface area contributed by atoms with Gasteiger partial charge in [-0.15, -0.1) is 0 Å². The van der Waals surface area contributed by atoms with Crippen LogP contribution in [0.4, 0.5) is 37.7 Å². The van der Waals surface area contributed by atoms with Crippen LogP contribution in [0.1, 0.15) is 22.3 Å². The summed E-state index contributed by atoms with van der Waals surface area (Å²) in [4.78, 5) is 0. The molecule has 2 rings (SSSR count). The smallest absolute Gasteiger partial charge is 0.399 e. The van der Waals surface area contributed by atoms with E-state index in [1.165, 1.54) is 23.9 Å². The zero-order valence-electron chi connectivity index (χ0n) is 14.0. The number of nitrogens with two attached hydrogens (primary N) is 2. The lowest BCUT2D eigenvalue weighted by atomic mass is 10.1. The van der Waals surface area contributed by atoms with Gasteiger partial charge in [0.05, 0.1) is 11.1 Å². The minimum Gasteiger partial charge on any atom is -0.399 e. The fourth-order valence-electron chi connectivity index (χ4n) is 1.91. The third-order valence-electron chi connectivity index (χ3n) is 3.37. The van der Waals surface area contributed by atoms with Crippen molar-refractivity contribution in [1.29, 1.82) is 0 Å². The van der Waals surface area contributed by atoms with Crippen LogP contribution in [0.15, 0.2) is 36.4 Å². The van der Waals surface area contributed by atoms with E-state index in [1.54, 1.807) is 6.92 Å². The molecular weight excluding hydrogens is 378 g/mol. The molecule has 0 atom stereocenters. The van der Waals surface area contributed by atoms with Gasteiger partial charge in [0.1, 0.15) is 0 Å². The largest absolute Gasteiger partial charge is 0.416 e. The average Bonchev–Trinajstić information content (AvgIpc) is 2.51. The summed E-state index contributed by atoms with van der Waals surface area (Å²) in [5.74, 6) is 0.496. The molecule has 0 aromatic heterocycles. The van der Waals surface area contributed by atoms with Crippen LogP contribution in [0.3, 0.4) is 0 Å². The molecule has 0 radical (unpaired) electrons. The highest BCUT2D eigenvalue weighted by Crippen LogP contribution is 2.32. The molecule has 0 aliphatic rings. The third kappa shape index (κ3) is 6.36. The van der Waals surface area contributed by atoms with E-state index >= 15 is 0 Å². The molecule has 0 saturated heterocycles. The van der Waals surface area contributed by atoms with Gasteiger partial charge in [0.15, 0.2) is 0 Å². The molecule has 4 N–H and O–H groups in total. The monoisotopic (exact) mass is 396 g/mol. The van der Waals surface area contributed by atoms with Crippen LogP contribution < -0.4 is 11.5 Å². The van der Waals surface area contributed by atoms with E-state index in [4.69, 9.17) is 11.5 Å². The molecule has 0 fully saturated rings. The second-order valence-electron chi connectivity index (χ2n) is 5.41. The van der Waals surface area contributed by atoms with Crippen LogP contribution in [0.2, 0.25) is 0 Å². The standard InChI is InChI=1S/C9H10F3NS.C8H8F3N/c1-14-5-6-4-7(9(10,11)12)2-3-8(6)13;1-5-4-6(8(9,10)11)2-3-7(5)12/h2-4H,5,13H2,1H3;2-4H,12H2,1H3. The van der Waals surface area contributed by atoms with E-state index in [-0.39, 0.29) is 0 Å². The Morgan fingerprint density at radius 2 is 1.27 bits per heavy atom. The number of halogens is 6. The number of nitrogen functional groups attached to an aromatic ring is 2. The van der Waals surface area contributed by atoms with E-state index in [9.17, 15) is 26.3 Å². The van der Waals surface area contributed by atoms with Crippen LogP contribution in [0.25, 0.3) is 0 Å². The van der Waals surface area contributed by atoms with Gasteiger partial charge in [-0.2, -0.15) is 38.1 Å². The predicted molar refractivity (Wildman–Crippen MR) is 93.7 cm³/mol. The Morgan fingerprint density at radius 3 is 1.69 bits per heavy atom. The van der Waals surface area contributed by atoms with Gasteiger partial charge in [0.25, 0.3) is 0 Å². The van der Waals surface area contributed by atoms with Crippen LogP contribution >= 0.6 is 11.8 Å². The number of benzene rings is 2. The molecule has 2 aromatic rings. The quantitative estimate of drug-likeness (QED) is 0.502.